The van der Waals surface area contributed by atoms with Gasteiger partial charge in [0.25, 0.3) is 0 Å². The standard InChI is InChI=1S/C19H17N5O/c20-18-22-19(24-23-18)21-12-14-7-2-4-10-16(14)25-17-11-5-8-13-6-1-3-9-15(13)17/h1-11H,12H2,(H4,20,21,22,23,24). The molecule has 4 N–H and O–H groups in total. The quantitative estimate of drug-likeness (QED) is 0.515. The number of fused-ring (bicyclic) bond motifs is 1. The van der Waals surface area contributed by atoms with Gasteiger partial charge in [0.1, 0.15) is 11.5 Å². The van der Waals surface area contributed by atoms with Gasteiger partial charge in [-0.2, -0.15) is 4.98 Å². The van der Waals surface area contributed by atoms with Gasteiger partial charge in [-0.3, -0.25) is 0 Å². The van der Waals surface area contributed by atoms with Crippen LogP contribution in [0.5, 0.6) is 11.5 Å². The van der Waals surface area contributed by atoms with Crippen LogP contribution in [0.25, 0.3) is 10.8 Å². The van der Waals surface area contributed by atoms with Gasteiger partial charge in [0.05, 0.1) is 0 Å². The summed E-state index contributed by atoms with van der Waals surface area (Å²) in [6.45, 7) is 0.526. The van der Waals surface area contributed by atoms with Crippen molar-refractivity contribution in [1.29, 1.82) is 0 Å². The average molecular weight is 331 g/mol. The molecule has 1 heterocycles. The molecular formula is C19H17N5O. The third kappa shape index (κ3) is 3.23. The minimum absolute atomic E-state index is 0.280. The molecule has 0 aliphatic heterocycles. The van der Waals surface area contributed by atoms with Crippen molar-refractivity contribution < 1.29 is 4.74 Å². The number of anilines is 2. The second-order valence-electron chi connectivity index (χ2n) is 5.58. The maximum atomic E-state index is 6.20. The van der Waals surface area contributed by atoms with Crippen molar-refractivity contribution >= 4 is 22.7 Å². The highest BCUT2D eigenvalue weighted by Gasteiger charge is 2.08. The zero-order valence-corrected chi connectivity index (χ0v) is 13.4. The smallest absolute Gasteiger partial charge is 0.243 e. The largest absolute Gasteiger partial charge is 0.456 e. The lowest BCUT2D eigenvalue weighted by Crippen LogP contribution is -2.03. The number of ether oxygens (including phenoxy) is 1. The highest BCUT2D eigenvalue weighted by Crippen LogP contribution is 2.31. The Hall–Kier alpha value is -3.54. The van der Waals surface area contributed by atoms with E-state index in [1.165, 1.54) is 0 Å². The number of nitrogens with one attached hydrogen (secondary N) is 2. The number of aromatic amines is 1. The minimum Gasteiger partial charge on any atom is -0.456 e. The zero-order valence-electron chi connectivity index (χ0n) is 13.4. The monoisotopic (exact) mass is 331 g/mol. The molecule has 6 nitrogen and oxygen atoms in total. The van der Waals surface area contributed by atoms with Gasteiger partial charge in [-0.05, 0) is 17.5 Å². The first-order valence-electron chi connectivity index (χ1n) is 7.95. The SMILES string of the molecule is Nc1nc(NCc2ccccc2Oc2cccc3ccccc23)n[nH]1. The van der Waals surface area contributed by atoms with Gasteiger partial charge in [-0.25, -0.2) is 5.10 Å². The lowest BCUT2D eigenvalue weighted by Gasteiger charge is -2.13. The number of benzene rings is 3. The molecule has 0 aliphatic carbocycles. The average Bonchev–Trinajstić information content (AvgIpc) is 3.07. The van der Waals surface area contributed by atoms with Crippen LogP contribution in [0.15, 0.2) is 66.7 Å². The molecule has 4 rings (SSSR count). The summed E-state index contributed by atoms with van der Waals surface area (Å²) < 4.78 is 6.20. The summed E-state index contributed by atoms with van der Waals surface area (Å²) in [4.78, 5) is 4.04. The van der Waals surface area contributed by atoms with Crippen molar-refractivity contribution in [3.63, 3.8) is 0 Å². The fourth-order valence-corrected chi connectivity index (χ4v) is 2.68. The number of hydrogen-bond donors (Lipinski definition) is 3. The van der Waals surface area contributed by atoms with E-state index < -0.39 is 0 Å². The summed E-state index contributed by atoms with van der Waals surface area (Å²) in [5.41, 5.74) is 6.54. The Morgan fingerprint density at radius 1 is 0.920 bits per heavy atom. The van der Waals surface area contributed by atoms with Crippen molar-refractivity contribution in [3.8, 4) is 11.5 Å². The van der Waals surface area contributed by atoms with Gasteiger partial charge >= 0.3 is 0 Å². The minimum atomic E-state index is 0.280. The molecule has 25 heavy (non-hydrogen) atoms. The Morgan fingerprint density at radius 3 is 2.56 bits per heavy atom. The van der Waals surface area contributed by atoms with E-state index in [-0.39, 0.29) is 5.95 Å². The first-order valence-corrected chi connectivity index (χ1v) is 7.95. The van der Waals surface area contributed by atoms with E-state index in [0.29, 0.717) is 12.5 Å². The maximum absolute atomic E-state index is 6.20. The van der Waals surface area contributed by atoms with Crippen molar-refractivity contribution in [3.05, 3.63) is 72.3 Å². The van der Waals surface area contributed by atoms with Crippen LogP contribution in [0.3, 0.4) is 0 Å². The van der Waals surface area contributed by atoms with E-state index in [0.717, 1.165) is 27.8 Å². The maximum Gasteiger partial charge on any atom is 0.243 e. The van der Waals surface area contributed by atoms with Gasteiger partial charge in [0.2, 0.25) is 11.9 Å². The van der Waals surface area contributed by atoms with Crippen LogP contribution in [0.4, 0.5) is 11.9 Å². The Bertz CT molecular complexity index is 1010. The number of hydrogen-bond acceptors (Lipinski definition) is 5. The molecule has 0 saturated heterocycles. The molecular weight excluding hydrogens is 314 g/mol. The first kappa shape index (κ1) is 15.0. The summed E-state index contributed by atoms with van der Waals surface area (Å²) in [5.74, 6) is 2.35. The number of nitrogen functional groups attached to an aromatic ring is 1. The zero-order chi connectivity index (χ0) is 17.1. The summed E-state index contributed by atoms with van der Waals surface area (Å²) in [5, 5.41) is 11.9. The topological polar surface area (TPSA) is 88.8 Å². The Morgan fingerprint density at radius 2 is 1.68 bits per heavy atom. The van der Waals surface area contributed by atoms with Crippen LogP contribution in [-0.4, -0.2) is 15.2 Å². The second kappa shape index (κ2) is 6.52. The molecule has 1 aromatic heterocycles. The molecule has 0 aliphatic rings. The van der Waals surface area contributed by atoms with Crippen LogP contribution >= 0.6 is 0 Å². The number of nitrogens with two attached hydrogens (primary N) is 1. The van der Waals surface area contributed by atoms with E-state index in [1.807, 2.05) is 48.5 Å². The summed E-state index contributed by atoms with van der Waals surface area (Å²) in [6, 6.07) is 22.1. The van der Waals surface area contributed by atoms with Crippen molar-refractivity contribution in [2.24, 2.45) is 0 Å². The van der Waals surface area contributed by atoms with E-state index in [4.69, 9.17) is 10.5 Å². The van der Waals surface area contributed by atoms with E-state index in [1.54, 1.807) is 0 Å². The fraction of sp³-hybridized carbons (Fsp3) is 0.0526. The number of rotatable bonds is 5. The summed E-state index contributed by atoms with van der Waals surface area (Å²) in [7, 11) is 0. The van der Waals surface area contributed by atoms with Crippen molar-refractivity contribution in [2.75, 3.05) is 11.1 Å². The van der Waals surface area contributed by atoms with Gasteiger partial charge in [-0.15, -0.1) is 5.10 Å². The molecule has 0 bridgehead atoms. The van der Waals surface area contributed by atoms with Crippen LogP contribution in [0.2, 0.25) is 0 Å². The third-order valence-corrected chi connectivity index (χ3v) is 3.88. The second-order valence-corrected chi connectivity index (χ2v) is 5.58. The predicted molar refractivity (Wildman–Crippen MR) is 98.6 cm³/mol. The molecule has 0 spiro atoms. The van der Waals surface area contributed by atoms with E-state index in [2.05, 4.69) is 38.7 Å². The highest BCUT2D eigenvalue weighted by atomic mass is 16.5. The first-order chi connectivity index (χ1) is 12.3. The summed E-state index contributed by atoms with van der Waals surface area (Å²) in [6.07, 6.45) is 0. The highest BCUT2D eigenvalue weighted by molar-refractivity contribution is 5.88. The third-order valence-electron chi connectivity index (χ3n) is 3.88. The molecule has 4 aromatic rings. The molecule has 0 radical (unpaired) electrons. The Balaban J connectivity index is 1.60. The Kier molecular flexibility index (Phi) is 3.92. The van der Waals surface area contributed by atoms with Gasteiger partial charge < -0.3 is 15.8 Å². The van der Waals surface area contributed by atoms with Crippen molar-refractivity contribution in [1.82, 2.24) is 15.2 Å². The van der Waals surface area contributed by atoms with Crippen LogP contribution < -0.4 is 15.8 Å². The molecule has 0 fully saturated rings. The lowest BCUT2D eigenvalue weighted by atomic mass is 10.1. The molecule has 0 amide bonds. The molecule has 0 unspecified atom stereocenters. The molecule has 3 aromatic carbocycles. The molecule has 124 valence electrons. The van der Waals surface area contributed by atoms with Gasteiger partial charge in [0.15, 0.2) is 0 Å². The molecule has 0 saturated carbocycles. The number of aromatic nitrogens is 3. The molecule has 0 atom stereocenters. The predicted octanol–water partition coefficient (Wildman–Crippen LogP) is 3.94. The number of H-pyrrole nitrogens is 1. The number of nitrogens with zero attached hydrogens (tertiary/aromatic N) is 2. The van der Waals surface area contributed by atoms with E-state index >= 15 is 0 Å². The number of para-hydroxylation sites is 1. The lowest BCUT2D eigenvalue weighted by molar-refractivity contribution is 0.482. The van der Waals surface area contributed by atoms with Gasteiger partial charge in [0, 0.05) is 17.5 Å². The van der Waals surface area contributed by atoms with Crippen molar-refractivity contribution in [2.45, 2.75) is 6.54 Å². The van der Waals surface area contributed by atoms with Crippen LogP contribution in [0, 0.1) is 0 Å². The van der Waals surface area contributed by atoms with Crippen LogP contribution in [0.1, 0.15) is 5.56 Å². The normalized spacial score (nSPS) is 10.7. The summed E-state index contributed by atoms with van der Waals surface area (Å²) >= 11 is 0. The van der Waals surface area contributed by atoms with Crippen LogP contribution in [-0.2, 0) is 6.54 Å². The fourth-order valence-electron chi connectivity index (χ4n) is 2.68. The van der Waals surface area contributed by atoms with Gasteiger partial charge in [-0.1, -0.05) is 54.6 Å². The van der Waals surface area contributed by atoms with E-state index in [9.17, 15) is 0 Å². The Labute approximate surface area is 144 Å². The molecule has 6 heteroatoms.